The summed E-state index contributed by atoms with van der Waals surface area (Å²) < 4.78 is 5.57. The van der Waals surface area contributed by atoms with Gasteiger partial charge < -0.3 is 15.2 Å². The van der Waals surface area contributed by atoms with Gasteiger partial charge in [-0.25, -0.2) is 4.79 Å². The highest BCUT2D eigenvalue weighted by atomic mass is 32.1. The topological polar surface area (TPSA) is 58.6 Å². The Morgan fingerprint density at radius 1 is 1.15 bits per heavy atom. The molecule has 1 saturated carbocycles. The van der Waals surface area contributed by atoms with Gasteiger partial charge in [0, 0.05) is 7.05 Å². The monoisotopic (exact) mass is 477 g/mol. The molecule has 2 aliphatic carbocycles. The summed E-state index contributed by atoms with van der Waals surface area (Å²) >= 11 is 1.49. The van der Waals surface area contributed by atoms with Crippen LogP contribution in [0.15, 0.2) is 78.4 Å². The van der Waals surface area contributed by atoms with Crippen LogP contribution in [-0.2, 0) is 17.6 Å². The number of carboxylic acids is 1. The van der Waals surface area contributed by atoms with Crippen molar-refractivity contribution in [1.29, 1.82) is 0 Å². The maximum absolute atomic E-state index is 11.5. The first kappa shape index (κ1) is 25.6. The standard InChI is InChI=1S/C16H17NO2S.C13H18O/c1-17-15-14(16(18)19)13(9-20-15)12-7-6-10-4-2-3-5-11(10)8-12;1-4-6-11(2)9-10-12(3)14-13-7-5-8-13/h2-5,9,12,17H,6-8H2,1H3,(H,18,19);4,6,9-10,13H,2-3,5,7-8H2,1H3/b;6-4+,10-9-. The number of carbonyl (C=O) groups is 1. The van der Waals surface area contributed by atoms with Crippen LogP contribution < -0.4 is 5.32 Å². The van der Waals surface area contributed by atoms with Gasteiger partial charge in [0.05, 0.1) is 11.7 Å². The zero-order valence-electron chi connectivity index (χ0n) is 20.2. The second-order valence-corrected chi connectivity index (χ2v) is 9.58. The largest absolute Gasteiger partial charge is 0.491 e. The third kappa shape index (κ3) is 6.73. The molecule has 4 nitrogen and oxygen atoms in total. The fourth-order valence-corrected chi connectivity index (χ4v) is 5.25. The van der Waals surface area contributed by atoms with Crippen LogP contribution in [0.2, 0.25) is 0 Å². The second kappa shape index (κ2) is 12.4. The molecule has 0 saturated heterocycles. The molecule has 180 valence electrons. The molecule has 0 spiro atoms. The molecule has 2 aromatic rings. The Hall–Kier alpha value is -3.05. The average molecular weight is 478 g/mol. The van der Waals surface area contributed by atoms with Crippen molar-refractivity contribution in [2.45, 2.75) is 57.5 Å². The zero-order valence-corrected chi connectivity index (χ0v) is 21.0. The van der Waals surface area contributed by atoms with Crippen molar-refractivity contribution < 1.29 is 14.6 Å². The minimum Gasteiger partial charge on any atom is -0.491 e. The summed E-state index contributed by atoms with van der Waals surface area (Å²) in [4.78, 5) is 11.5. The number of hydrogen-bond acceptors (Lipinski definition) is 4. The van der Waals surface area contributed by atoms with Gasteiger partial charge >= 0.3 is 5.97 Å². The van der Waals surface area contributed by atoms with Crippen molar-refractivity contribution in [3.05, 3.63) is 101 Å². The quantitative estimate of drug-likeness (QED) is 0.305. The van der Waals surface area contributed by atoms with Gasteiger partial charge in [0.2, 0.25) is 0 Å². The van der Waals surface area contributed by atoms with Crippen LogP contribution >= 0.6 is 11.3 Å². The number of carboxylic acid groups (broad SMARTS) is 1. The van der Waals surface area contributed by atoms with E-state index < -0.39 is 5.97 Å². The first-order chi connectivity index (χ1) is 16.4. The summed E-state index contributed by atoms with van der Waals surface area (Å²) in [6.07, 6.45) is 14.7. The van der Waals surface area contributed by atoms with Crippen LogP contribution in [0.3, 0.4) is 0 Å². The molecular weight excluding hydrogens is 442 g/mol. The number of hydrogen-bond donors (Lipinski definition) is 2. The maximum Gasteiger partial charge on any atom is 0.338 e. The molecule has 0 aliphatic heterocycles. The lowest BCUT2D eigenvalue weighted by molar-refractivity contribution is 0.0599. The molecule has 2 aliphatic rings. The Bertz CT molecular complexity index is 1070. The smallest absolute Gasteiger partial charge is 0.338 e. The third-order valence-corrected chi connectivity index (χ3v) is 7.30. The van der Waals surface area contributed by atoms with E-state index in [0.717, 1.165) is 41.2 Å². The number of nitrogens with one attached hydrogen (secondary N) is 1. The summed E-state index contributed by atoms with van der Waals surface area (Å²) in [5, 5.41) is 15.2. The van der Waals surface area contributed by atoms with E-state index in [4.69, 9.17) is 4.74 Å². The van der Waals surface area contributed by atoms with Crippen molar-refractivity contribution in [3.8, 4) is 0 Å². The highest BCUT2D eigenvalue weighted by Gasteiger charge is 2.27. The number of aryl methyl sites for hydroxylation is 1. The molecule has 0 radical (unpaired) electrons. The lowest BCUT2D eigenvalue weighted by Crippen LogP contribution is -2.20. The summed E-state index contributed by atoms with van der Waals surface area (Å²) in [6.45, 7) is 9.66. The highest BCUT2D eigenvalue weighted by Crippen LogP contribution is 2.39. The van der Waals surface area contributed by atoms with Crippen LogP contribution in [0.25, 0.3) is 0 Å². The van der Waals surface area contributed by atoms with Gasteiger partial charge in [0.15, 0.2) is 0 Å². The average Bonchev–Trinajstić information content (AvgIpc) is 3.25. The van der Waals surface area contributed by atoms with Gasteiger partial charge in [-0.15, -0.1) is 11.3 Å². The number of fused-ring (bicyclic) bond motifs is 1. The Labute approximate surface area is 207 Å². The second-order valence-electron chi connectivity index (χ2n) is 8.70. The van der Waals surface area contributed by atoms with Crippen molar-refractivity contribution in [2.24, 2.45) is 0 Å². The molecule has 0 bridgehead atoms. The van der Waals surface area contributed by atoms with Crippen molar-refractivity contribution in [1.82, 2.24) is 0 Å². The lowest BCUT2D eigenvalue weighted by atomic mass is 9.80. The first-order valence-electron chi connectivity index (χ1n) is 11.9. The first-order valence-corrected chi connectivity index (χ1v) is 12.7. The minimum atomic E-state index is -0.829. The van der Waals surface area contributed by atoms with Gasteiger partial charge in [-0.2, -0.15) is 0 Å². The molecule has 1 aromatic carbocycles. The van der Waals surface area contributed by atoms with Gasteiger partial charge in [0.25, 0.3) is 0 Å². The van der Waals surface area contributed by atoms with E-state index in [1.54, 1.807) is 7.05 Å². The predicted molar refractivity (Wildman–Crippen MR) is 143 cm³/mol. The summed E-state index contributed by atoms with van der Waals surface area (Å²) in [6, 6.07) is 8.47. The van der Waals surface area contributed by atoms with Crippen LogP contribution in [0, 0.1) is 0 Å². The fraction of sp³-hybridized carbons (Fsp3) is 0.345. The molecule has 1 atom stereocenters. The molecule has 5 heteroatoms. The molecule has 1 heterocycles. The number of anilines is 1. The number of allylic oxidation sites excluding steroid dienone is 5. The van der Waals surface area contributed by atoms with Gasteiger partial charge in [-0.3, -0.25) is 0 Å². The molecule has 1 fully saturated rings. The SMILES string of the molecule is C=C(/C=C\C(=C)OC1CCC1)/C=C/C.CNc1scc(C2CCc3ccccc3C2)c1C(=O)O. The molecule has 2 N–H and O–H groups in total. The van der Waals surface area contributed by atoms with E-state index in [1.807, 2.05) is 36.6 Å². The normalized spacial score (nSPS) is 17.4. The number of benzene rings is 1. The predicted octanol–water partition coefficient (Wildman–Crippen LogP) is 7.52. The number of ether oxygens (including phenoxy) is 1. The van der Waals surface area contributed by atoms with Crippen LogP contribution in [0.5, 0.6) is 0 Å². The Kier molecular flexibility index (Phi) is 9.34. The van der Waals surface area contributed by atoms with Gasteiger partial charge in [-0.1, -0.05) is 55.7 Å². The van der Waals surface area contributed by atoms with E-state index in [1.165, 1.54) is 41.7 Å². The fourth-order valence-electron chi connectivity index (χ4n) is 4.25. The molecular formula is C29H35NO3S. The van der Waals surface area contributed by atoms with Crippen molar-refractivity contribution in [3.63, 3.8) is 0 Å². The third-order valence-electron chi connectivity index (χ3n) is 6.28. The Morgan fingerprint density at radius 3 is 2.50 bits per heavy atom. The van der Waals surface area contributed by atoms with Crippen LogP contribution in [-0.4, -0.2) is 24.2 Å². The molecule has 4 rings (SSSR count). The van der Waals surface area contributed by atoms with E-state index in [-0.39, 0.29) is 0 Å². The summed E-state index contributed by atoms with van der Waals surface area (Å²) in [5.41, 5.74) is 5.18. The highest BCUT2D eigenvalue weighted by molar-refractivity contribution is 7.14. The lowest BCUT2D eigenvalue weighted by Gasteiger charge is -2.26. The number of thiophene rings is 1. The Balaban J connectivity index is 0.000000204. The Morgan fingerprint density at radius 2 is 1.88 bits per heavy atom. The molecule has 34 heavy (non-hydrogen) atoms. The van der Waals surface area contributed by atoms with E-state index in [9.17, 15) is 9.90 Å². The van der Waals surface area contributed by atoms with E-state index in [0.29, 0.717) is 17.6 Å². The maximum atomic E-state index is 11.5. The zero-order chi connectivity index (χ0) is 24.5. The molecule has 1 aromatic heterocycles. The molecule has 0 amide bonds. The van der Waals surface area contributed by atoms with Crippen molar-refractivity contribution in [2.75, 3.05) is 12.4 Å². The minimum absolute atomic E-state index is 0.314. The van der Waals surface area contributed by atoms with Gasteiger partial charge in [-0.05, 0) is 85.1 Å². The van der Waals surface area contributed by atoms with Crippen LogP contribution in [0.1, 0.15) is 65.6 Å². The number of aromatic carboxylic acids is 1. The number of rotatable bonds is 8. The van der Waals surface area contributed by atoms with Gasteiger partial charge in [0.1, 0.15) is 10.8 Å². The summed E-state index contributed by atoms with van der Waals surface area (Å²) in [5.74, 6) is 0.221. The van der Waals surface area contributed by atoms with Crippen LogP contribution in [0.4, 0.5) is 5.00 Å². The molecule has 1 unspecified atom stereocenters. The summed E-state index contributed by atoms with van der Waals surface area (Å²) in [7, 11) is 1.78. The van der Waals surface area contributed by atoms with E-state index >= 15 is 0 Å². The van der Waals surface area contributed by atoms with E-state index in [2.05, 4.69) is 42.7 Å². The van der Waals surface area contributed by atoms with Crippen molar-refractivity contribution >= 4 is 22.3 Å².